The Hall–Kier alpha value is -2.42. The predicted octanol–water partition coefficient (Wildman–Crippen LogP) is -1.12. The third-order valence-electron chi connectivity index (χ3n) is 2.17. The van der Waals surface area contributed by atoms with E-state index in [4.69, 9.17) is 10.8 Å². The molecule has 20 heavy (non-hydrogen) atoms. The highest BCUT2D eigenvalue weighted by molar-refractivity contribution is 7.12. The van der Waals surface area contributed by atoms with Crippen LogP contribution in [0.1, 0.15) is 9.67 Å². The van der Waals surface area contributed by atoms with Crippen LogP contribution in [0, 0.1) is 0 Å². The van der Waals surface area contributed by atoms with Gasteiger partial charge >= 0.3 is 5.97 Å². The second-order valence-electron chi connectivity index (χ2n) is 3.77. The molecule has 1 aromatic rings. The van der Waals surface area contributed by atoms with Crippen molar-refractivity contribution in [2.75, 3.05) is 19.6 Å². The average molecular weight is 299 g/mol. The summed E-state index contributed by atoms with van der Waals surface area (Å²) in [6.07, 6.45) is 0. The van der Waals surface area contributed by atoms with E-state index in [0.717, 1.165) is 4.90 Å². The van der Waals surface area contributed by atoms with Gasteiger partial charge in [0.2, 0.25) is 11.8 Å². The van der Waals surface area contributed by atoms with Crippen molar-refractivity contribution in [1.29, 1.82) is 0 Å². The van der Waals surface area contributed by atoms with Crippen molar-refractivity contribution in [2.45, 2.75) is 0 Å². The molecule has 0 aliphatic rings. The zero-order valence-corrected chi connectivity index (χ0v) is 11.2. The zero-order chi connectivity index (χ0) is 15.1. The van der Waals surface area contributed by atoms with Crippen LogP contribution in [-0.2, 0) is 14.4 Å². The Morgan fingerprint density at radius 1 is 1.30 bits per heavy atom. The van der Waals surface area contributed by atoms with Gasteiger partial charge in [-0.2, -0.15) is 0 Å². The van der Waals surface area contributed by atoms with Gasteiger partial charge in [0, 0.05) is 0 Å². The van der Waals surface area contributed by atoms with Crippen LogP contribution < -0.4 is 11.1 Å². The molecule has 0 saturated carbocycles. The number of carbonyl (C=O) groups is 4. The van der Waals surface area contributed by atoms with Crippen LogP contribution in [0.3, 0.4) is 0 Å². The van der Waals surface area contributed by atoms with Crippen LogP contribution in [-0.4, -0.2) is 53.3 Å². The Balaban J connectivity index is 2.55. The summed E-state index contributed by atoms with van der Waals surface area (Å²) in [6, 6.07) is 3.27. The van der Waals surface area contributed by atoms with E-state index in [1.54, 1.807) is 17.5 Å². The van der Waals surface area contributed by atoms with Gasteiger partial charge in [-0.05, 0) is 11.4 Å². The number of hydrogen-bond donors (Lipinski definition) is 3. The minimum atomic E-state index is -1.27. The Bertz CT molecular complexity index is 498. The number of carboxylic acid groups (broad SMARTS) is 1. The van der Waals surface area contributed by atoms with Crippen molar-refractivity contribution in [1.82, 2.24) is 10.2 Å². The van der Waals surface area contributed by atoms with E-state index in [1.165, 1.54) is 11.3 Å². The van der Waals surface area contributed by atoms with Gasteiger partial charge in [0.25, 0.3) is 5.91 Å². The molecule has 0 atom stereocenters. The number of nitrogens with two attached hydrogens (primary N) is 1. The largest absolute Gasteiger partial charge is 0.480 e. The van der Waals surface area contributed by atoms with E-state index < -0.39 is 43.3 Å². The number of nitrogens with one attached hydrogen (secondary N) is 1. The van der Waals surface area contributed by atoms with E-state index >= 15 is 0 Å². The summed E-state index contributed by atoms with van der Waals surface area (Å²) in [6.45, 7) is -1.58. The van der Waals surface area contributed by atoms with Crippen molar-refractivity contribution in [3.63, 3.8) is 0 Å². The number of aliphatic carboxylic acids is 1. The maximum absolute atomic E-state index is 11.7. The lowest BCUT2D eigenvalue weighted by molar-refractivity contribution is -0.145. The van der Waals surface area contributed by atoms with Crippen LogP contribution in [0.5, 0.6) is 0 Å². The molecule has 0 aliphatic carbocycles. The number of hydrogen-bond acceptors (Lipinski definition) is 5. The second kappa shape index (κ2) is 7.24. The SMILES string of the molecule is NC(=O)CN(CC(=O)O)C(=O)CNC(=O)c1cccs1. The molecule has 0 fully saturated rings. The fourth-order valence-electron chi connectivity index (χ4n) is 1.35. The lowest BCUT2D eigenvalue weighted by Gasteiger charge is -2.18. The summed E-state index contributed by atoms with van der Waals surface area (Å²) in [5, 5.41) is 12.7. The fraction of sp³-hybridized carbons (Fsp3) is 0.273. The van der Waals surface area contributed by atoms with E-state index in [9.17, 15) is 19.2 Å². The number of primary amides is 1. The van der Waals surface area contributed by atoms with Gasteiger partial charge in [-0.25, -0.2) is 0 Å². The first kappa shape index (κ1) is 15.6. The molecule has 1 aromatic heterocycles. The molecule has 0 aromatic carbocycles. The second-order valence-corrected chi connectivity index (χ2v) is 4.72. The lowest BCUT2D eigenvalue weighted by atomic mass is 10.4. The summed E-state index contributed by atoms with van der Waals surface area (Å²) in [4.78, 5) is 45.9. The fourth-order valence-corrected chi connectivity index (χ4v) is 1.99. The van der Waals surface area contributed by atoms with Crippen LogP contribution >= 0.6 is 11.3 Å². The molecule has 0 spiro atoms. The number of nitrogens with zero attached hydrogens (tertiary/aromatic N) is 1. The molecule has 4 N–H and O–H groups in total. The first-order valence-corrected chi connectivity index (χ1v) is 6.37. The third-order valence-corrected chi connectivity index (χ3v) is 3.04. The highest BCUT2D eigenvalue weighted by atomic mass is 32.1. The molecule has 0 unspecified atom stereocenters. The Morgan fingerprint density at radius 3 is 2.50 bits per heavy atom. The van der Waals surface area contributed by atoms with Gasteiger partial charge < -0.3 is 21.1 Å². The number of rotatable bonds is 7. The smallest absolute Gasteiger partial charge is 0.323 e. The molecule has 0 aliphatic heterocycles. The van der Waals surface area contributed by atoms with E-state index in [1.807, 2.05) is 0 Å². The Kier molecular flexibility index (Phi) is 5.66. The zero-order valence-electron chi connectivity index (χ0n) is 10.4. The number of carboxylic acids is 1. The summed E-state index contributed by atoms with van der Waals surface area (Å²) in [7, 11) is 0. The highest BCUT2D eigenvalue weighted by Crippen LogP contribution is 2.07. The summed E-state index contributed by atoms with van der Waals surface area (Å²) in [5.41, 5.74) is 4.93. The minimum Gasteiger partial charge on any atom is -0.480 e. The van der Waals surface area contributed by atoms with Crippen molar-refractivity contribution < 1.29 is 24.3 Å². The first-order chi connectivity index (χ1) is 9.40. The van der Waals surface area contributed by atoms with Crippen molar-refractivity contribution in [3.8, 4) is 0 Å². The molecular formula is C11H13N3O5S. The van der Waals surface area contributed by atoms with Crippen LogP contribution in [0.2, 0.25) is 0 Å². The molecule has 0 saturated heterocycles. The molecule has 0 bridgehead atoms. The minimum absolute atomic E-state index is 0.405. The number of carbonyl (C=O) groups excluding carboxylic acids is 3. The lowest BCUT2D eigenvalue weighted by Crippen LogP contribution is -2.46. The van der Waals surface area contributed by atoms with Crippen LogP contribution in [0.15, 0.2) is 17.5 Å². The predicted molar refractivity (Wildman–Crippen MR) is 70.1 cm³/mol. The normalized spacial score (nSPS) is 9.80. The third kappa shape index (κ3) is 5.06. The average Bonchev–Trinajstić information content (AvgIpc) is 2.87. The van der Waals surface area contributed by atoms with E-state index in [0.29, 0.717) is 4.88 Å². The van der Waals surface area contributed by atoms with Gasteiger partial charge in [0.1, 0.15) is 6.54 Å². The van der Waals surface area contributed by atoms with Gasteiger partial charge in [-0.3, -0.25) is 19.2 Å². The molecule has 108 valence electrons. The summed E-state index contributed by atoms with van der Waals surface area (Å²) >= 11 is 1.21. The number of amides is 3. The quantitative estimate of drug-likeness (QED) is 0.587. The number of thiophene rings is 1. The van der Waals surface area contributed by atoms with Gasteiger partial charge in [0.15, 0.2) is 0 Å². The van der Waals surface area contributed by atoms with Gasteiger partial charge in [-0.1, -0.05) is 6.07 Å². The van der Waals surface area contributed by atoms with Crippen molar-refractivity contribution in [3.05, 3.63) is 22.4 Å². The standard InChI is InChI=1S/C11H13N3O5S/c12-8(15)5-14(6-10(17)18)9(16)4-13-11(19)7-2-1-3-20-7/h1-3H,4-6H2,(H2,12,15)(H,13,19)(H,17,18). The van der Waals surface area contributed by atoms with E-state index in [-0.39, 0.29) is 0 Å². The van der Waals surface area contributed by atoms with Gasteiger partial charge in [0.05, 0.1) is 18.0 Å². The highest BCUT2D eigenvalue weighted by Gasteiger charge is 2.19. The van der Waals surface area contributed by atoms with E-state index in [2.05, 4.69) is 5.32 Å². The topological polar surface area (TPSA) is 130 Å². The summed E-state index contributed by atoms with van der Waals surface area (Å²) < 4.78 is 0. The first-order valence-electron chi connectivity index (χ1n) is 5.49. The van der Waals surface area contributed by atoms with Gasteiger partial charge in [-0.15, -0.1) is 11.3 Å². The summed E-state index contributed by atoms with van der Waals surface area (Å²) in [5.74, 6) is -3.24. The Labute approximate surface area is 118 Å². The molecular weight excluding hydrogens is 286 g/mol. The molecule has 0 radical (unpaired) electrons. The molecule has 8 nitrogen and oxygen atoms in total. The van der Waals surface area contributed by atoms with Crippen molar-refractivity contribution in [2.24, 2.45) is 5.73 Å². The monoisotopic (exact) mass is 299 g/mol. The molecule has 9 heteroatoms. The maximum Gasteiger partial charge on any atom is 0.323 e. The van der Waals surface area contributed by atoms with Crippen molar-refractivity contribution >= 4 is 35.0 Å². The Morgan fingerprint density at radius 2 is 2.00 bits per heavy atom. The molecule has 1 rings (SSSR count). The molecule has 3 amide bonds. The molecule has 1 heterocycles. The maximum atomic E-state index is 11.7. The van der Waals surface area contributed by atoms with Crippen LogP contribution in [0.4, 0.5) is 0 Å². The van der Waals surface area contributed by atoms with Crippen LogP contribution in [0.25, 0.3) is 0 Å².